The van der Waals surface area contributed by atoms with E-state index >= 15 is 0 Å². The van der Waals surface area contributed by atoms with Gasteiger partial charge in [-0.2, -0.15) is 5.10 Å². The van der Waals surface area contributed by atoms with Gasteiger partial charge < -0.3 is 14.7 Å². The van der Waals surface area contributed by atoms with Crippen molar-refractivity contribution >= 4 is 16.7 Å². The average molecular weight is 379 g/mol. The van der Waals surface area contributed by atoms with Gasteiger partial charge in [0.25, 0.3) is 0 Å². The SMILES string of the molecule is Cc1ccc(O[C@@H]2C[C@@H]3CN(c4nccc5[nH]ncc45)C[C@@H]3C[C@H]2O)c(C)n1. The highest BCUT2D eigenvalue weighted by molar-refractivity contribution is 5.89. The first-order valence-electron chi connectivity index (χ1n) is 9.90. The normalized spacial score (nSPS) is 27.2. The van der Waals surface area contributed by atoms with Crippen molar-refractivity contribution in [1.29, 1.82) is 0 Å². The third-order valence-electron chi connectivity index (χ3n) is 6.19. The number of aromatic amines is 1. The van der Waals surface area contributed by atoms with Crippen molar-refractivity contribution in [1.82, 2.24) is 20.2 Å². The Morgan fingerprint density at radius 2 is 1.96 bits per heavy atom. The van der Waals surface area contributed by atoms with Gasteiger partial charge in [-0.1, -0.05) is 0 Å². The zero-order chi connectivity index (χ0) is 19.3. The number of nitrogens with zero attached hydrogens (tertiary/aromatic N) is 4. The molecule has 2 aliphatic rings. The van der Waals surface area contributed by atoms with Crippen LogP contribution in [0.25, 0.3) is 10.9 Å². The number of aromatic nitrogens is 4. The third-order valence-corrected chi connectivity index (χ3v) is 6.19. The summed E-state index contributed by atoms with van der Waals surface area (Å²) in [6.07, 6.45) is 4.61. The quantitative estimate of drug-likeness (QED) is 0.727. The molecular weight excluding hydrogens is 354 g/mol. The van der Waals surface area contributed by atoms with E-state index in [9.17, 15) is 5.11 Å². The molecule has 0 amide bonds. The van der Waals surface area contributed by atoms with Crippen LogP contribution in [0.3, 0.4) is 0 Å². The molecule has 28 heavy (non-hydrogen) atoms. The van der Waals surface area contributed by atoms with E-state index in [1.807, 2.05) is 44.4 Å². The van der Waals surface area contributed by atoms with Gasteiger partial charge in [-0.25, -0.2) is 4.98 Å². The second-order valence-corrected chi connectivity index (χ2v) is 8.12. The van der Waals surface area contributed by atoms with Crippen molar-refractivity contribution < 1.29 is 9.84 Å². The van der Waals surface area contributed by atoms with Crippen LogP contribution in [0.4, 0.5) is 5.82 Å². The number of hydrogen-bond donors (Lipinski definition) is 2. The standard InChI is InChI=1S/C21H25N5O2/c1-12-3-4-19(13(2)24-12)28-20-8-15-11-26(10-14(15)7-18(20)27)21-16-9-23-25-17(16)5-6-22-21/h3-6,9,14-15,18,20,27H,7-8,10-11H2,1-2H3,(H,23,25)/t14-,15+,18+,20+/m0/s1. The molecule has 0 aromatic carbocycles. The number of aliphatic hydroxyl groups excluding tert-OH is 1. The summed E-state index contributed by atoms with van der Waals surface area (Å²) in [7, 11) is 0. The number of aliphatic hydroxyl groups is 1. The predicted octanol–water partition coefficient (Wildman–Crippen LogP) is 2.62. The molecule has 4 atom stereocenters. The molecule has 1 aliphatic heterocycles. The molecule has 3 aromatic heterocycles. The molecule has 3 aromatic rings. The molecule has 7 nitrogen and oxygen atoms in total. The maximum Gasteiger partial charge on any atom is 0.141 e. The van der Waals surface area contributed by atoms with Gasteiger partial charge in [0.1, 0.15) is 17.7 Å². The van der Waals surface area contributed by atoms with E-state index in [0.29, 0.717) is 11.8 Å². The Morgan fingerprint density at radius 1 is 1.14 bits per heavy atom. The minimum atomic E-state index is -0.459. The molecule has 2 fully saturated rings. The van der Waals surface area contributed by atoms with Gasteiger partial charge in [0.05, 0.1) is 28.9 Å². The second-order valence-electron chi connectivity index (χ2n) is 8.12. The van der Waals surface area contributed by atoms with Crippen molar-refractivity contribution in [2.45, 2.75) is 38.9 Å². The van der Waals surface area contributed by atoms with Gasteiger partial charge in [-0.15, -0.1) is 0 Å². The number of nitrogens with one attached hydrogen (secondary N) is 1. The summed E-state index contributed by atoms with van der Waals surface area (Å²) in [5.74, 6) is 2.69. The van der Waals surface area contributed by atoms with Crippen LogP contribution >= 0.6 is 0 Å². The Labute approximate surface area is 163 Å². The molecule has 0 spiro atoms. The number of pyridine rings is 2. The van der Waals surface area contributed by atoms with Gasteiger partial charge in [-0.05, 0) is 56.7 Å². The van der Waals surface area contributed by atoms with Crippen molar-refractivity contribution in [2.24, 2.45) is 11.8 Å². The zero-order valence-electron chi connectivity index (χ0n) is 16.2. The maximum atomic E-state index is 10.7. The Kier molecular flexibility index (Phi) is 4.19. The zero-order valence-corrected chi connectivity index (χ0v) is 16.2. The van der Waals surface area contributed by atoms with Gasteiger partial charge in [0.15, 0.2) is 0 Å². The second kappa shape index (κ2) is 6.74. The molecule has 0 unspecified atom stereocenters. The highest BCUT2D eigenvalue weighted by Crippen LogP contribution is 2.40. The number of rotatable bonds is 3. The fraction of sp³-hybridized carbons (Fsp3) is 0.476. The van der Waals surface area contributed by atoms with E-state index in [2.05, 4.69) is 25.1 Å². The molecule has 4 heterocycles. The van der Waals surface area contributed by atoms with E-state index in [4.69, 9.17) is 4.74 Å². The number of ether oxygens (including phenoxy) is 1. The highest BCUT2D eigenvalue weighted by Gasteiger charge is 2.43. The van der Waals surface area contributed by atoms with Crippen LogP contribution in [0.1, 0.15) is 24.2 Å². The molecule has 1 saturated heterocycles. The highest BCUT2D eigenvalue weighted by atomic mass is 16.5. The number of fused-ring (bicyclic) bond motifs is 2. The van der Waals surface area contributed by atoms with Crippen molar-refractivity contribution in [3.05, 3.63) is 42.0 Å². The summed E-state index contributed by atoms with van der Waals surface area (Å²) in [4.78, 5) is 11.4. The number of H-pyrrole nitrogens is 1. The van der Waals surface area contributed by atoms with Crippen LogP contribution in [0.15, 0.2) is 30.6 Å². The lowest BCUT2D eigenvalue weighted by molar-refractivity contribution is -0.0236. The molecule has 5 rings (SSSR count). The first-order chi connectivity index (χ1) is 13.6. The van der Waals surface area contributed by atoms with Crippen LogP contribution < -0.4 is 9.64 Å². The fourth-order valence-electron chi connectivity index (χ4n) is 4.76. The van der Waals surface area contributed by atoms with Crippen LogP contribution in [0.5, 0.6) is 5.75 Å². The van der Waals surface area contributed by atoms with Gasteiger partial charge in [0, 0.05) is 25.0 Å². The molecule has 0 radical (unpaired) electrons. The predicted molar refractivity (Wildman–Crippen MR) is 106 cm³/mol. The van der Waals surface area contributed by atoms with Crippen LogP contribution in [-0.4, -0.2) is 50.6 Å². The first kappa shape index (κ1) is 17.4. The summed E-state index contributed by atoms with van der Waals surface area (Å²) in [5, 5.41) is 18.9. The van der Waals surface area contributed by atoms with E-state index in [1.54, 1.807) is 0 Å². The Hall–Kier alpha value is -2.67. The topological polar surface area (TPSA) is 87.2 Å². The summed E-state index contributed by atoms with van der Waals surface area (Å²) >= 11 is 0. The molecule has 2 N–H and O–H groups in total. The summed E-state index contributed by atoms with van der Waals surface area (Å²) < 4.78 is 6.20. The maximum absolute atomic E-state index is 10.7. The molecule has 7 heteroatoms. The molecule has 146 valence electrons. The van der Waals surface area contributed by atoms with Gasteiger partial charge in [-0.3, -0.25) is 10.1 Å². The smallest absolute Gasteiger partial charge is 0.141 e. The van der Waals surface area contributed by atoms with E-state index in [1.165, 1.54) is 0 Å². The van der Waals surface area contributed by atoms with Crippen LogP contribution in [0.2, 0.25) is 0 Å². The summed E-state index contributed by atoms with van der Waals surface area (Å²) in [6, 6.07) is 5.86. The fourth-order valence-corrected chi connectivity index (χ4v) is 4.76. The largest absolute Gasteiger partial charge is 0.486 e. The van der Waals surface area contributed by atoms with Crippen LogP contribution in [-0.2, 0) is 0 Å². The van der Waals surface area contributed by atoms with E-state index in [-0.39, 0.29) is 6.10 Å². The Morgan fingerprint density at radius 3 is 2.79 bits per heavy atom. The minimum Gasteiger partial charge on any atom is -0.486 e. The van der Waals surface area contributed by atoms with E-state index in [0.717, 1.165) is 59.8 Å². The van der Waals surface area contributed by atoms with Crippen LogP contribution in [0, 0.1) is 25.7 Å². The average Bonchev–Trinajstić information content (AvgIpc) is 3.30. The molecule has 0 bridgehead atoms. The van der Waals surface area contributed by atoms with Gasteiger partial charge in [0.2, 0.25) is 0 Å². The van der Waals surface area contributed by atoms with Crippen molar-refractivity contribution in [3.8, 4) is 5.75 Å². The molecular formula is C21H25N5O2. The Bertz CT molecular complexity index is 1000. The minimum absolute atomic E-state index is 0.193. The lowest BCUT2D eigenvalue weighted by atomic mass is 9.78. The number of aryl methyl sites for hydroxylation is 2. The number of anilines is 1. The lowest BCUT2D eigenvalue weighted by Crippen LogP contribution is -2.42. The summed E-state index contributed by atoms with van der Waals surface area (Å²) in [6.45, 7) is 5.77. The van der Waals surface area contributed by atoms with Crippen molar-refractivity contribution in [2.75, 3.05) is 18.0 Å². The molecule has 1 saturated carbocycles. The number of hydrogen-bond acceptors (Lipinski definition) is 6. The van der Waals surface area contributed by atoms with Gasteiger partial charge >= 0.3 is 0 Å². The third kappa shape index (κ3) is 2.99. The first-order valence-corrected chi connectivity index (χ1v) is 9.90. The Balaban J connectivity index is 1.33. The lowest BCUT2D eigenvalue weighted by Gasteiger charge is -2.35. The molecule has 1 aliphatic carbocycles. The summed E-state index contributed by atoms with van der Waals surface area (Å²) in [5.41, 5.74) is 2.85. The monoisotopic (exact) mass is 379 g/mol. The van der Waals surface area contributed by atoms with E-state index < -0.39 is 6.10 Å². The van der Waals surface area contributed by atoms with Crippen molar-refractivity contribution in [3.63, 3.8) is 0 Å².